The van der Waals surface area contributed by atoms with E-state index in [1.54, 1.807) is 36.8 Å². The smallest absolute Gasteiger partial charge is 0.276 e. The molecule has 1 N–H and O–H groups in total. The quantitative estimate of drug-likeness (QED) is 0.192. The summed E-state index contributed by atoms with van der Waals surface area (Å²) in [6.45, 7) is 10.3. The summed E-state index contributed by atoms with van der Waals surface area (Å²) < 4.78 is 4.72. The Bertz CT molecular complexity index is 1650. The molecule has 0 fully saturated rings. The summed E-state index contributed by atoms with van der Waals surface area (Å²) in [5, 5.41) is 6.10. The molecule has 0 atom stereocenters. The molecule has 0 radical (unpaired) electrons. The fraction of sp³-hybridized carbons (Fsp3) is 0.241. The fourth-order valence-corrected chi connectivity index (χ4v) is 5.93. The Hall–Kier alpha value is -3.57. The van der Waals surface area contributed by atoms with Crippen LogP contribution in [0.4, 0.5) is 5.69 Å². The summed E-state index contributed by atoms with van der Waals surface area (Å²) >= 11 is 2.20. The Morgan fingerprint density at radius 1 is 1.00 bits per heavy atom. The second kappa shape index (κ2) is 9.95. The number of carbonyl (C=O) groups excluding carboxylic acids is 1. The van der Waals surface area contributed by atoms with Crippen LogP contribution in [0.1, 0.15) is 42.3 Å². The molecular formula is C29H30IN7O. The maximum atomic E-state index is 13.8. The van der Waals surface area contributed by atoms with Crippen molar-refractivity contribution in [3.05, 3.63) is 87.9 Å². The third-order valence-electron chi connectivity index (χ3n) is 6.58. The van der Waals surface area contributed by atoms with Crippen LogP contribution < -0.4 is 10.4 Å². The third kappa shape index (κ3) is 4.60. The molecule has 0 bridgehead atoms. The summed E-state index contributed by atoms with van der Waals surface area (Å²) in [6.07, 6.45) is 11.1. The minimum Gasteiger partial charge on any atom is -0.306 e. The number of halogens is 1. The lowest BCUT2D eigenvalue weighted by Crippen LogP contribution is -2.41. The molecule has 194 valence electrons. The second-order valence-corrected chi connectivity index (χ2v) is 11.3. The maximum Gasteiger partial charge on any atom is 0.276 e. The van der Waals surface area contributed by atoms with Crippen LogP contribution in [0, 0.1) is 17.5 Å². The standard InChI is InChI=1S/C29H30IN7O/c1-18-13-19(2)25(36(31-6)28(38)24-16-34-37(26(24)30)29(3,4)5)15-22(18)21-14-23(20-7-9-32-10-8-20)27-33-11-12-35(27)17-21/h7-17,31H,1-6H3. The highest BCUT2D eigenvalue weighted by Crippen LogP contribution is 2.35. The van der Waals surface area contributed by atoms with Crippen LogP contribution in [0.3, 0.4) is 0 Å². The monoisotopic (exact) mass is 619 g/mol. The van der Waals surface area contributed by atoms with Gasteiger partial charge in [-0.05, 0) is 109 Å². The number of pyridine rings is 2. The zero-order valence-electron chi connectivity index (χ0n) is 22.3. The van der Waals surface area contributed by atoms with Crippen molar-refractivity contribution < 1.29 is 4.79 Å². The predicted octanol–water partition coefficient (Wildman–Crippen LogP) is 6.02. The first-order valence-corrected chi connectivity index (χ1v) is 13.4. The Labute approximate surface area is 235 Å². The molecular weight excluding hydrogens is 589 g/mol. The lowest BCUT2D eigenvalue weighted by Gasteiger charge is -2.25. The van der Waals surface area contributed by atoms with Gasteiger partial charge in [0, 0.05) is 43.6 Å². The number of amides is 1. The van der Waals surface area contributed by atoms with Crippen LogP contribution in [0.25, 0.3) is 27.9 Å². The average molecular weight is 620 g/mol. The number of nitrogens with zero attached hydrogens (tertiary/aromatic N) is 6. The number of hydrogen-bond donors (Lipinski definition) is 1. The molecule has 0 saturated heterocycles. The largest absolute Gasteiger partial charge is 0.306 e. The van der Waals surface area contributed by atoms with Crippen molar-refractivity contribution >= 4 is 39.8 Å². The highest BCUT2D eigenvalue weighted by atomic mass is 127. The number of hydrazine groups is 1. The van der Waals surface area contributed by atoms with Gasteiger partial charge < -0.3 is 4.40 Å². The number of rotatable bonds is 5. The molecule has 38 heavy (non-hydrogen) atoms. The first-order valence-electron chi connectivity index (χ1n) is 12.3. The summed E-state index contributed by atoms with van der Waals surface area (Å²) in [5.74, 6) is -0.159. The Morgan fingerprint density at radius 3 is 2.39 bits per heavy atom. The minimum atomic E-state index is -0.231. The number of aryl methyl sites for hydroxylation is 2. The molecule has 0 aliphatic rings. The van der Waals surface area contributed by atoms with Crippen LogP contribution in [0.2, 0.25) is 0 Å². The van der Waals surface area contributed by atoms with Gasteiger partial charge in [-0.15, -0.1) is 0 Å². The number of benzene rings is 1. The maximum absolute atomic E-state index is 13.8. The predicted molar refractivity (Wildman–Crippen MR) is 159 cm³/mol. The first kappa shape index (κ1) is 26.1. The number of anilines is 1. The van der Waals surface area contributed by atoms with Gasteiger partial charge in [-0.1, -0.05) is 6.07 Å². The van der Waals surface area contributed by atoms with Crippen molar-refractivity contribution in [1.29, 1.82) is 0 Å². The molecule has 0 aliphatic heterocycles. The minimum absolute atomic E-state index is 0.159. The molecule has 4 aromatic heterocycles. The van der Waals surface area contributed by atoms with Gasteiger partial charge in [-0.3, -0.25) is 14.5 Å². The van der Waals surface area contributed by atoms with E-state index in [-0.39, 0.29) is 11.4 Å². The van der Waals surface area contributed by atoms with Crippen molar-refractivity contribution in [2.45, 2.75) is 40.2 Å². The summed E-state index contributed by atoms with van der Waals surface area (Å²) in [5.41, 5.74) is 11.3. The van der Waals surface area contributed by atoms with Gasteiger partial charge in [0.2, 0.25) is 0 Å². The number of fused-ring (bicyclic) bond motifs is 1. The van der Waals surface area contributed by atoms with E-state index in [0.29, 0.717) is 5.56 Å². The van der Waals surface area contributed by atoms with E-state index in [2.05, 4.69) is 95.2 Å². The Balaban J connectivity index is 1.63. The summed E-state index contributed by atoms with van der Waals surface area (Å²) in [6, 6.07) is 10.3. The molecule has 0 spiro atoms. The highest BCUT2D eigenvalue weighted by molar-refractivity contribution is 14.1. The van der Waals surface area contributed by atoms with Crippen LogP contribution in [0.5, 0.6) is 0 Å². The fourth-order valence-electron chi connectivity index (χ4n) is 4.71. The molecule has 8 nitrogen and oxygen atoms in total. The molecule has 0 saturated carbocycles. The van der Waals surface area contributed by atoms with Crippen molar-refractivity contribution in [1.82, 2.24) is 29.6 Å². The van der Waals surface area contributed by atoms with Gasteiger partial charge in [-0.2, -0.15) is 5.10 Å². The van der Waals surface area contributed by atoms with E-state index in [1.165, 1.54) is 0 Å². The average Bonchev–Trinajstić information content (AvgIpc) is 3.52. The molecule has 1 aromatic carbocycles. The molecule has 1 amide bonds. The van der Waals surface area contributed by atoms with E-state index in [9.17, 15) is 4.79 Å². The summed E-state index contributed by atoms with van der Waals surface area (Å²) in [7, 11) is 1.76. The number of aromatic nitrogens is 5. The molecule has 4 heterocycles. The third-order valence-corrected chi connectivity index (χ3v) is 7.61. The SMILES string of the molecule is CNN(C(=O)c1cnn(C(C)(C)C)c1I)c1cc(-c2cc(-c3ccncc3)c3nccn3c2)c(C)cc1C. The number of nitrogens with one attached hydrogen (secondary N) is 1. The topological polar surface area (TPSA) is 80.3 Å². The number of carbonyl (C=O) groups is 1. The highest BCUT2D eigenvalue weighted by Gasteiger charge is 2.27. The van der Waals surface area contributed by atoms with E-state index in [4.69, 9.17) is 0 Å². The van der Waals surface area contributed by atoms with Gasteiger partial charge in [0.1, 0.15) is 9.35 Å². The first-order chi connectivity index (χ1) is 18.1. The molecule has 9 heteroatoms. The van der Waals surface area contributed by atoms with Crippen LogP contribution in [-0.2, 0) is 5.54 Å². The molecule has 0 unspecified atom stereocenters. The van der Waals surface area contributed by atoms with E-state index in [0.717, 1.165) is 48.4 Å². The van der Waals surface area contributed by atoms with Crippen molar-refractivity contribution in [3.63, 3.8) is 0 Å². The summed E-state index contributed by atoms with van der Waals surface area (Å²) in [4.78, 5) is 22.5. The number of imidazole rings is 1. The van der Waals surface area contributed by atoms with E-state index < -0.39 is 0 Å². The zero-order valence-corrected chi connectivity index (χ0v) is 24.5. The van der Waals surface area contributed by atoms with Crippen molar-refractivity contribution in [2.75, 3.05) is 12.1 Å². The number of hydrogen-bond acceptors (Lipinski definition) is 5. The van der Waals surface area contributed by atoms with Gasteiger partial charge >= 0.3 is 0 Å². The van der Waals surface area contributed by atoms with Gasteiger partial charge in [0.25, 0.3) is 5.91 Å². The Kier molecular flexibility index (Phi) is 6.83. The van der Waals surface area contributed by atoms with Crippen molar-refractivity contribution in [2.24, 2.45) is 0 Å². The van der Waals surface area contributed by atoms with Crippen LogP contribution in [0.15, 0.2) is 67.5 Å². The van der Waals surface area contributed by atoms with Gasteiger partial charge in [-0.25, -0.2) is 15.4 Å². The normalized spacial score (nSPS) is 11.8. The second-order valence-electron chi connectivity index (χ2n) is 10.3. The lowest BCUT2D eigenvalue weighted by molar-refractivity contribution is 0.0975. The van der Waals surface area contributed by atoms with E-state index >= 15 is 0 Å². The molecule has 5 aromatic rings. The Morgan fingerprint density at radius 2 is 1.74 bits per heavy atom. The van der Waals surface area contributed by atoms with E-state index in [1.807, 2.05) is 34.3 Å². The van der Waals surface area contributed by atoms with Gasteiger partial charge in [0.15, 0.2) is 0 Å². The molecule has 0 aliphatic carbocycles. The van der Waals surface area contributed by atoms with Crippen molar-refractivity contribution in [3.8, 4) is 22.3 Å². The van der Waals surface area contributed by atoms with Crippen LogP contribution >= 0.6 is 22.6 Å². The van der Waals surface area contributed by atoms with Crippen LogP contribution in [-0.4, -0.2) is 37.1 Å². The zero-order chi connectivity index (χ0) is 27.2. The van der Waals surface area contributed by atoms with Gasteiger partial charge in [0.05, 0.1) is 23.0 Å². The molecule has 5 rings (SSSR count). The lowest BCUT2D eigenvalue weighted by atomic mass is 9.96.